The van der Waals surface area contributed by atoms with E-state index in [9.17, 15) is 4.79 Å². The predicted molar refractivity (Wildman–Crippen MR) is 93.9 cm³/mol. The number of rotatable bonds is 8. The number of nitrogens with zero attached hydrogens (tertiary/aromatic N) is 1. The Morgan fingerprint density at radius 2 is 1.91 bits per heavy atom. The Morgan fingerprint density at radius 1 is 1.22 bits per heavy atom. The van der Waals surface area contributed by atoms with Crippen molar-refractivity contribution >= 4 is 5.91 Å². The van der Waals surface area contributed by atoms with Gasteiger partial charge in [0.25, 0.3) is 5.91 Å². The summed E-state index contributed by atoms with van der Waals surface area (Å²) in [6.45, 7) is 10.3. The Bertz CT molecular complexity index is 496. The van der Waals surface area contributed by atoms with E-state index < -0.39 is 6.10 Å². The lowest BCUT2D eigenvalue weighted by molar-refractivity contribution is -0.127. The highest BCUT2D eigenvalue weighted by molar-refractivity contribution is 5.80. The molecule has 1 amide bonds. The molecule has 0 spiro atoms. The molecule has 23 heavy (non-hydrogen) atoms. The lowest BCUT2D eigenvalue weighted by Crippen LogP contribution is -2.37. The van der Waals surface area contributed by atoms with Crippen molar-refractivity contribution < 1.29 is 9.53 Å². The summed E-state index contributed by atoms with van der Waals surface area (Å²) >= 11 is 0. The van der Waals surface area contributed by atoms with Crippen LogP contribution in [-0.4, -0.2) is 43.1 Å². The van der Waals surface area contributed by atoms with E-state index in [4.69, 9.17) is 4.74 Å². The van der Waals surface area contributed by atoms with E-state index in [0.29, 0.717) is 5.92 Å². The van der Waals surface area contributed by atoms with Gasteiger partial charge in [-0.15, -0.1) is 0 Å². The highest BCUT2D eigenvalue weighted by Crippen LogP contribution is 2.26. The molecule has 1 aromatic carbocycles. The summed E-state index contributed by atoms with van der Waals surface area (Å²) in [4.78, 5) is 14.6. The van der Waals surface area contributed by atoms with Gasteiger partial charge in [-0.3, -0.25) is 4.79 Å². The van der Waals surface area contributed by atoms with Gasteiger partial charge in [0.2, 0.25) is 0 Å². The van der Waals surface area contributed by atoms with Gasteiger partial charge in [-0.25, -0.2) is 0 Å². The fraction of sp³-hybridized carbons (Fsp3) is 0.632. The topological polar surface area (TPSA) is 41.6 Å². The lowest BCUT2D eigenvalue weighted by atomic mass is 10.0. The van der Waals surface area contributed by atoms with E-state index >= 15 is 0 Å². The molecular formula is C19H30N2O2. The Kier molecular flexibility index (Phi) is 6.90. The largest absolute Gasteiger partial charge is 0.481 e. The molecule has 0 unspecified atom stereocenters. The number of carbonyl (C=O) groups is 1. The summed E-state index contributed by atoms with van der Waals surface area (Å²) in [6.07, 6.45) is 3.15. The van der Waals surface area contributed by atoms with Crippen LogP contribution in [0.25, 0.3) is 0 Å². The highest BCUT2D eigenvalue weighted by Gasteiger charge is 2.17. The summed E-state index contributed by atoms with van der Waals surface area (Å²) in [7, 11) is 0. The zero-order valence-corrected chi connectivity index (χ0v) is 14.7. The summed E-state index contributed by atoms with van der Waals surface area (Å²) < 4.78 is 5.88. The number of para-hydroxylation sites is 1. The minimum atomic E-state index is -0.471. The zero-order valence-electron chi connectivity index (χ0n) is 14.7. The quantitative estimate of drug-likeness (QED) is 0.749. The first-order chi connectivity index (χ1) is 11.1. The molecule has 1 heterocycles. The predicted octanol–water partition coefficient (Wildman–Crippen LogP) is 3.18. The monoisotopic (exact) mass is 318 g/mol. The molecule has 4 nitrogen and oxygen atoms in total. The maximum absolute atomic E-state index is 12.2. The van der Waals surface area contributed by atoms with E-state index in [1.165, 1.54) is 25.9 Å². The zero-order chi connectivity index (χ0) is 16.7. The molecule has 0 aromatic heterocycles. The SMILES string of the molecule is CC(C)c1ccccc1O[C@@H](C)C(=O)NCCCN1CCCC1. The summed E-state index contributed by atoms with van der Waals surface area (Å²) in [5.74, 6) is 1.15. The minimum absolute atomic E-state index is 0.0371. The third kappa shape index (κ3) is 5.54. The van der Waals surface area contributed by atoms with Gasteiger partial charge >= 0.3 is 0 Å². The van der Waals surface area contributed by atoms with Crippen molar-refractivity contribution in [3.05, 3.63) is 29.8 Å². The molecule has 0 radical (unpaired) electrons. The molecule has 1 aliphatic rings. The van der Waals surface area contributed by atoms with Crippen LogP contribution in [0.5, 0.6) is 5.75 Å². The Hall–Kier alpha value is -1.55. The van der Waals surface area contributed by atoms with Gasteiger partial charge in [0.15, 0.2) is 6.10 Å². The third-order valence-electron chi connectivity index (χ3n) is 4.36. The van der Waals surface area contributed by atoms with Gasteiger partial charge in [-0.1, -0.05) is 32.0 Å². The van der Waals surface area contributed by atoms with Gasteiger partial charge in [0.05, 0.1) is 0 Å². The fourth-order valence-corrected chi connectivity index (χ4v) is 2.97. The normalized spacial score (nSPS) is 16.5. The van der Waals surface area contributed by atoms with Gasteiger partial charge in [-0.2, -0.15) is 0 Å². The van der Waals surface area contributed by atoms with Crippen LogP contribution < -0.4 is 10.1 Å². The van der Waals surface area contributed by atoms with Crippen molar-refractivity contribution in [1.29, 1.82) is 0 Å². The number of likely N-dealkylation sites (tertiary alicyclic amines) is 1. The average Bonchev–Trinajstić information content (AvgIpc) is 3.05. The second kappa shape index (κ2) is 8.92. The molecule has 1 fully saturated rings. The Labute approximate surface area is 140 Å². The number of ether oxygens (including phenoxy) is 1. The maximum Gasteiger partial charge on any atom is 0.260 e. The fourth-order valence-electron chi connectivity index (χ4n) is 2.97. The molecule has 1 aliphatic heterocycles. The first kappa shape index (κ1) is 17.8. The Morgan fingerprint density at radius 3 is 2.61 bits per heavy atom. The van der Waals surface area contributed by atoms with E-state index in [-0.39, 0.29) is 5.91 Å². The number of carbonyl (C=O) groups excluding carboxylic acids is 1. The van der Waals surface area contributed by atoms with Crippen LogP contribution in [0.4, 0.5) is 0 Å². The molecule has 4 heteroatoms. The molecule has 1 atom stereocenters. The van der Waals surface area contributed by atoms with Crippen LogP contribution in [0.15, 0.2) is 24.3 Å². The Balaban J connectivity index is 1.74. The van der Waals surface area contributed by atoms with Crippen molar-refractivity contribution in [3.8, 4) is 5.75 Å². The summed E-state index contributed by atoms with van der Waals surface area (Å²) in [5, 5.41) is 2.98. The molecule has 2 rings (SSSR count). The van der Waals surface area contributed by atoms with Crippen LogP contribution in [0, 0.1) is 0 Å². The molecule has 0 aliphatic carbocycles. The molecule has 0 bridgehead atoms. The number of nitrogens with one attached hydrogen (secondary N) is 1. The van der Waals surface area contributed by atoms with Gasteiger partial charge in [-0.05, 0) is 63.4 Å². The van der Waals surface area contributed by atoms with Crippen molar-refractivity contribution in [2.45, 2.75) is 52.1 Å². The molecule has 0 saturated carbocycles. The second-order valence-electron chi connectivity index (χ2n) is 6.65. The second-order valence-corrected chi connectivity index (χ2v) is 6.65. The van der Waals surface area contributed by atoms with Crippen molar-refractivity contribution in [2.75, 3.05) is 26.2 Å². The minimum Gasteiger partial charge on any atom is -0.481 e. The number of hydrogen-bond acceptors (Lipinski definition) is 3. The van der Waals surface area contributed by atoms with E-state index in [1.54, 1.807) is 0 Å². The van der Waals surface area contributed by atoms with Crippen molar-refractivity contribution in [1.82, 2.24) is 10.2 Å². The lowest BCUT2D eigenvalue weighted by Gasteiger charge is -2.19. The van der Waals surface area contributed by atoms with Gasteiger partial charge < -0.3 is 15.0 Å². The van der Waals surface area contributed by atoms with Crippen LogP contribution in [0.3, 0.4) is 0 Å². The van der Waals surface area contributed by atoms with E-state index in [1.807, 2.05) is 25.1 Å². The first-order valence-electron chi connectivity index (χ1n) is 8.83. The third-order valence-corrected chi connectivity index (χ3v) is 4.36. The molecule has 1 N–H and O–H groups in total. The highest BCUT2D eigenvalue weighted by atomic mass is 16.5. The molecule has 128 valence electrons. The van der Waals surface area contributed by atoms with Crippen LogP contribution in [0.1, 0.15) is 51.5 Å². The summed E-state index contributed by atoms with van der Waals surface area (Å²) in [6, 6.07) is 7.94. The number of amides is 1. The van der Waals surface area contributed by atoms with Gasteiger partial charge in [0.1, 0.15) is 5.75 Å². The van der Waals surface area contributed by atoms with E-state index in [2.05, 4.69) is 30.1 Å². The first-order valence-corrected chi connectivity index (χ1v) is 8.83. The average molecular weight is 318 g/mol. The standard InChI is InChI=1S/C19H30N2O2/c1-15(2)17-9-4-5-10-18(17)23-16(3)19(22)20-11-8-14-21-12-6-7-13-21/h4-5,9-10,15-16H,6-8,11-14H2,1-3H3,(H,20,22)/t16-/m0/s1. The van der Waals surface area contributed by atoms with Crippen molar-refractivity contribution in [3.63, 3.8) is 0 Å². The number of hydrogen-bond donors (Lipinski definition) is 1. The van der Waals surface area contributed by atoms with Crippen LogP contribution in [0.2, 0.25) is 0 Å². The van der Waals surface area contributed by atoms with Crippen LogP contribution in [-0.2, 0) is 4.79 Å². The molecule has 1 aromatic rings. The molecule has 1 saturated heterocycles. The smallest absolute Gasteiger partial charge is 0.260 e. The van der Waals surface area contributed by atoms with Crippen molar-refractivity contribution in [2.24, 2.45) is 0 Å². The maximum atomic E-state index is 12.2. The summed E-state index contributed by atoms with van der Waals surface area (Å²) in [5.41, 5.74) is 1.14. The van der Waals surface area contributed by atoms with Gasteiger partial charge in [0, 0.05) is 6.54 Å². The van der Waals surface area contributed by atoms with E-state index in [0.717, 1.165) is 30.8 Å². The molecular weight excluding hydrogens is 288 g/mol. The van der Waals surface area contributed by atoms with Crippen LogP contribution >= 0.6 is 0 Å². The number of benzene rings is 1.